The number of halogens is 1. The minimum atomic E-state index is -0.499. The summed E-state index contributed by atoms with van der Waals surface area (Å²) in [6.07, 6.45) is 1.07. The van der Waals surface area contributed by atoms with Gasteiger partial charge in [0, 0.05) is 9.75 Å². The van der Waals surface area contributed by atoms with E-state index in [0.717, 1.165) is 11.8 Å². The Morgan fingerprint density at radius 2 is 2.17 bits per heavy atom. The summed E-state index contributed by atoms with van der Waals surface area (Å²) in [4.78, 5) is 9.91. The lowest BCUT2D eigenvalue weighted by Gasteiger charge is -2.15. The van der Waals surface area contributed by atoms with Gasteiger partial charge in [-0.05, 0) is 32.4 Å². The Morgan fingerprint density at radius 3 is 2.78 bits per heavy atom. The minimum Gasteiger partial charge on any atom is -0.368 e. The van der Waals surface area contributed by atoms with Crippen LogP contribution in [0.2, 0.25) is 0 Å². The summed E-state index contributed by atoms with van der Waals surface area (Å²) in [5, 5.41) is 3.02. The van der Waals surface area contributed by atoms with Gasteiger partial charge in [0.2, 0.25) is 5.95 Å². The van der Waals surface area contributed by atoms with Gasteiger partial charge in [-0.2, -0.15) is 4.98 Å². The average Bonchev–Trinajstić information content (AvgIpc) is 2.63. The summed E-state index contributed by atoms with van der Waals surface area (Å²) in [6, 6.07) is 2.07. The number of nitrogens with zero attached hydrogens (tertiary/aromatic N) is 2. The number of rotatable bonds is 3. The highest BCUT2D eigenvalue weighted by molar-refractivity contribution is 7.12. The Bertz CT molecular complexity index is 567. The lowest BCUT2D eigenvalue weighted by molar-refractivity contribution is 0.614. The zero-order valence-electron chi connectivity index (χ0n) is 10.5. The summed E-state index contributed by atoms with van der Waals surface area (Å²) in [6.45, 7) is 6.07. The summed E-state index contributed by atoms with van der Waals surface area (Å²) < 4.78 is 13.5. The van der Waals surface area contributed by atoms with Crippen LogP contribution in [0.1, 0.15) is 28.3 Å². The molecule has 0 aliphatic rings. The second kappa shape index (κ2) is 4.89. The van der Waals surface area contributed by atoms with Crippen LogP contribution in [0, 0.1) is 19.7 Å². The zero-order valence-corrected chi connectivity index (χ0v) is 11.3. The molecule has 4 nitrogen and oxygen atoms in total. The van der Waals surface area contributed by atoms with E-state index >= 15 is 0 Å². The molecule has 0 bridgehead atoms. The van der Waals surface area contributed by atoms with Gasteiger partial charge in [0.25, 0.3) is 0 Å². The third-order valence-electron chi connectivity index (χ3n) is 2.66. The highest BCUT2D eigenvalue weighted by Crippen LogP contribution is 2.28. The van der Waals surface area contributed by atoms with Crippen molar-refractivity contribution in [2.75, 3.05) is 11.1 Å². The predicted octanol–water partition coefficient (Wildman–Crippen LogP) is 3.05. The molecular weight excluding hydrogens is 251 g/mol. The van der Waals surface area contributed by atoms with Gasteiger partial charge in [-0.1, -0.05) is 0 Å². The molecule has 2 rings (SSSR count). The fraction of sp³-hybridized carbons (Fsp3) is 0.333. The minimum absolute atomic E-state index is 0.0289. The molecule has 18 heavy (non-hydrogen) atoms. The van der Waals surface area contributed by atoms with Crippen molar-refractivity contribution in [3.63, 3.8) is 0 Å². The van der Waals surface area contributed by atoms with Gasteiger partial charge in [0.1, 0.15) is 0 Å². The fourth-order valence-electron chi connectivity index (χ4n) is 1.85. The van der Waals surface area contributed by atoms with Crippen LogP contribution in [0.15, 0.2) is 12.3 Å². The van der Waals surface area contributed by atoms with Crippen molar-refractivity contribution in [1.82, 2.24) is 9.97 Å². The first-order valence-electron chi connectivity index (χ1n) is 5.59. The van der Waals surface area contributed by atoms with Gasteiger partial charge < -0.3 is 11.1 Å². The molecule has 0 saturated heterocycles. The smallest absolute Gasteiger partial charge is 0.222 e. The van der Waals surface area contributed by atoms with Crippen LogP contribution in [0.25, 0.3) is 0 Å². The number of hydrogen-bond donors (Lipinski definition) is 2. The van der Waals surface area contributed by atoms with Gasteiger partial charge in [-0.25, -0.2) is 9.37 Å². The maximum absolute atomic E-state index is 13.5. The van der Waals surface area contributed by atoms with Gasteiger partial charge >= 0.3 is 0 Å². The van der Waals surface area contributed by atoms with Gasteiger partial charge in [-0.3, -0.25) is 0 Å². The monoisotopic (exact) mass is 266 g/mol. The Morgan fingerprint density at radius 1 is 1.44 bits per heavy atom. The average molecular weight is 266 g/mol. The highest BCUT2D eigenvalue weighted by atomic mass is 32.1. The number of aryl methyl sites for hydroxylation is 2. The second-order valence-electron chi connectivity index (χ2n) is 4.16. The molecule has 2 aromatic rings. The van der Waals surface area contributed by atoms with Crippen LogP contribution in [0.3, 0.4) is 0 Å². The summed E-state index contributed by atoms with van der Waals surface area (Å²) in [5.74, 6) is -0.303. The van der Waals surface area contributed by atoms with Crippen molar-refractivity contribution in [1.29, 1.82) is 0 Å². The molecule has 3 N–H and O–H groups in total. The normalized spacial score (nSPS) is 12.4. The number of nitrogen functional groups attached to an aromatic ring is 1. The molecule has 0 amide bonds. The number of hydrogen-bond acceptors (Lipinski definition) is 5. The quantitative estimate of drug-likeness (QED) is 0.896. The van der Waals surface area contributed by atoms with Crippen LogP contribution in [0.5, 0.6) is 0 Å². The summed E-state index contributed by atoms with van der Waals surface area (Å²) >= 11 is 1.72. The van der Waals surface area contributed by atoms with E-state index in [9.17, 15) is 4.39 Å². The lowest BCUT2D eigenvalue weighted by Crippen LogP contribution is -2.11. The molecule has 96 valence electrons. The first kappa shape index (κ1) is 12.8. The molecule has 0 aliphatic carbocycles. The van der Waals surface area contributed by atoms with E-state index in [1.54, 1.807) is 11.3 Å². The van der Waals surface area contributed by atoms with E-state index in [1.165, 1.54) is 9.75 Å². The van der Waals surface area contributed by atoms with Gasteiger partial charge in [0.05, 0.1) is 12.2 Å². The van der Waals surface area contributed by atoms with Crippen LogP contribution in [0.4, 0.5) is 16.2 Å². The largest absolute Gasteiger partial charge is 0.368 e. The van der Waals surface area contributed by atoms with Crippen molar-refractivity contribution in [2.45, 2.75) is 26.8 Å². The number of aromatic nitrogens is 2. The van der Waals surface area contributed by atoms with Crippen molar-refractivity contribution in [2.24, 2.45) is 0 Å². The van der Waals surface area contributed by atoms with Crippen LogP contribution >= 0.6 is 11.3 Å². The van der Waals surface area contributed by atoms with E-state index in [1.807, 2.05) is 6.92 Å². The number of anilines is 2. The van der Waals surface area contributed by atoms with Crippen molar-refractivity contribution in [3.05, 3.63) is 33.4 Å². The topological polar surface area (TPSA) is 63.8 Å². The second-order valence-corrected chi connectivity index (χ2v) is 5.62. The Kier molecular flexibility index (Phi) is 3.47. The molecule has 0 spiro atoms. The molecular formula is C12H15FN4S. The summed E-state index contributed by atoms with van der Waals surface area (Å²) in [7, 11) is 0. The molecule has 1 unspecified atom stereocenters. The van der Waals surface area contributed by atoms with Crippen LogP contribution < -0.4 is 11.1 Å². The number of nitrogens with two attached hydrogens (primary N) is 1. The van der Waals surface area contributed by atoms with E-state index in [4.69, 9.17) is 5.73 Å². The van der Waals surface area contributed by atoms with Crippen LogP contribution in [-0.4, -0.2) is 9.97 Å². The molecule has 1 atom stereocenters. The first-order chi connectivity index (χ1) is 8.47. The van der Waals surface area contributed by atoms with Crippen molar-refractivity contribution in [3.8, 4) is 0 Å². The van der Waals surface area contributed by atoms with Crippen molar-refractivity contribution < 1.29 is 4.39 Å². The van der Waals surface area contributed by atoms with E-state index < -0.39 is 5.82 Å². The first-order valence-corrected chi connectivity index (χ1v) is 6.40. The highest BCUT2D eigenvalue weighted by Gasteiger charge is 2.14. The number of thiophene rings is 1. The van der Waals surface area contributed by atoms with Gasteiger partial charge in [0.15, 0.2) is 11.6 Å². The number of nitrogens with one attached hydrogen (secondary N) is 1. The zero-order chi connectivity index (χ0) is 13.3. The Labute approximate surface area is 109 Å². The van der Waals surface area contributed by atoms with E-state index in [-0.39, 0.29) is 17.8 Å². The van der Waals surface area contributed by atoms with E-state index in [2.05, 4.69) is 35.2 Å². The molecule has 0 aliphatic heterocycles. The van der Waals surface area contributed by atoms with E-state index in [0.29, 0.717) is 0 Å². The summed E-state index contributed by atoms with van der Waals surface area (Å²) in [5.41, 5.74) is 6.60. The molecule has 6 heteroatoms. The molecule has 0 fully saturated rings. The molecule has 0 aromatic carbocycles. The molecule has 0 radical (unpaired) electrons. The standard InChI is InChI=1S/C12H15FN4S/c1-6-4-9(8(3)18-6)7(2)16-11-10(13)5-15-12(14)17-11/h4-5,7H,1-3H3,(H3,14,15,16,17). The van der Waals surface area contributed by atoms with Crippen LogP contribution in [-0.2, 0) is 0 Å². The predicted molar refractivity (Wildman–Crippen MR) is 72.2 cm³/mol. The van der Waals surface area contributed by atoms with Gasteiger partial charge in [-0.15, -0.1) is 11.3 Å². The van der Waals surface area contributed by atoms with Crippen molar-refractivity contribution >= 4 is 23.1 Å². The molecule has 2 aromatic heterocycles. The molecule has 2 heterocycles. The Balaban J connectivity index is 2.23. The molecule has 0 saturated carbocycles. The lowest BCUT2D eigenvalue weighted by atomic mass is 10.1. The maximum Gasteiger partial charge on any atom is 0.222 e. The third-order valence-corrected chi connectivity index (χ3v) is 3.64. The maximum atomic E-state index is 13.5. The SMILES string of the molecule is Cc1cc(C(C)Nc2nc(N)ncc2F)c(C)s1. The fourth-order valence-corrected chi connectivity index (χ4v) is 2.87. The third kappa shape index (κ3) is 2.59. The Hall–Kier alpha value is -1.69.